The molecule has 94 valence electrons. The number of hydrogen-bond donors (Lipinski definition) is 0. The Hall–Kier alpha value is -1.42. The molecule has 0 radical (unpaired) electrons. The summed E-state index contributed by atoms with van der Waals surface area (Å²) in [5.41, 5.74) is 0.896. The molecule has 0 aliphatic carbocycles. The van der Waals surface area contributed by atoms with Crippen LogP contribution in [0.15, 0.2) is 18.2 Å². The minimum absolute atomic E-state index is 0.0896. The van der Waals surface area contributed by atoms with Gasteiger partial charge in [-0.05, 0) is 31.5 Å². The zero-order valence-corrected chi connectivity index (χ0v) is 10.7. The molecule has 0 saturated heterocycles. The zero-order valence-electron chi connectivity index (χ0n) is 10.7. The van der Waals surface area contributed by atoms with Crippen LogP contribution in [-0.4, -0.2) is 37.6 Å². The Morgan fingerprint density at radius 3 is 2.71 bits per heavy atom. The third-order valence-electron chi connectivity index (χ3n) is 2.74. The van der Waals surface area contributed by atoms with Crippen molar-refractivity contribution in [2.75, 3.05) is 20.8 Å². The van der Waals surface area contributed by atoms with Gasteiger partial charge in [0, 0.05) is 14.2 Å². The van der Waals surface area contributed by atoms with Crippen LogP contribution in [0.5, 0.6) is 0 Å². The SMILES string of the molecule is COCC(C)N(C)C(=O)c1ccc(C)cc1F. The maximum Gasteiger partial charge on any atom is 0.256 e. The summed E-state index contributed by atoms with van der Waals surface area (Å²) < 4.78 is 18.6. The van der Waals surface area contributed by atoms with Crippen molar-refractivity contribution in [1.29, 1.82) is 0 Å². The van der Waals surface area contributed by atoms with Crippen LogP contribution in [0, 0.1) is 12.7 Å². The first-order valence-corrected chi connectivity index (χ1v) is 5.49. The van der Waals surface area contributed by atoms with Crippen molar-refractivity contribution >= 4 is 5.91 Å². The number of halogens is 1. The van der Waals surface area contributed by atoms with Crippen molar-refractivity contribution in [3.05, 3.63) is 35.1 Å². The molecule has 1 amide bonds. The number of nitrogens with zero attached hydrogens (tertiary/aromatic N) is 1. The van der Waals surface area contributed by atoms with E-state index in [0.29, 0.717) is 6.61 Å². The largest absolute Gasteiger partial charge is 0.383 e. The Morgan fingerprint density at radius 1 is 1.53 bits per heavy atom. The van der Waals surface area contributed by atoms with E-state index in [2.05, 4.69) is 0 Å². The van der Waals surface area contributed by atoms with Crippen molar-refractivity contribution in [3.63, 3.8) is 0 Å². The molecule has 1 atom stereocenters. The fraction of sp³-hybridized carbons (Fsp3) is 0.462. The second-order valence-electron chi connectivity index (χ2n) is 4.20. The van der Waals surface area contributed by atoms with Crippen LogP contribution >= 0.6 is 0 Å². The van der Waals surface area contributed by atoms with Gasteiger partial charge in [0.2, 0.25) is 0 Å². The molecule has 17 heavy (non-hydrogen) atoms. The molecule has 1 aromatic rings. The lowest BCUT2D eigenvalue weighted by atomic mass is 10.1. The summed E-state index contributed by atoms with van der Waals surface area (Å²) in [4.78, 5) is 13.5. The molecular weight excluding hydrogens is 221 g/mol. The first kappa shape index (κ1) is 13.6. The van der Waals surface area contributed by atoms with Crippen molar-refractivity contribution in [2.24, 2.45) is 0 Å². The van der Waals surface area contributed by atoms with Gasteiger partial charge in [0.1, 0.15) is 5.82 Å². The fourth-order valence-electron chi connectivity index (χ4n) is 1.54. The van der Waals surface area contributed by atoms with Gasteiger partial charge in [-0.1, -0.05) is 6.07 Å². The molecule has 0 aromatic heterocycles. The highest BCUT2D eigenvalue weighted by molar-refractivity contribution is 5.94. The van der Waals surface area contributed by atoms with E-state index < -0.39 is 5.82 Å². The number of hydrogen-bond acceptors (Lipinski definition) is 2. The number of methoxy groups -OCH3 is 1. The molecule has 1 aromatic carbocycles. The Balaban J connectivity index is 2.88. The summed E-state index contributed by atoms with van der Waals surface area (Å²) in [7, 11) is 3.21. The van der Waals surface area contributed by atoms with Gasteiger partial charge in [-0.25, -0.2) is 4.39 Å². The Bertz CT molecular complexity index is 406. The highest BCUT2D eigenvalue weighted by atomic mass is 19.1. The number of aryl methyl sites for hydroxylation is 1. The summed E-state index contributed by atoms with van der Waals surface area (Å²) in [6.07, 6.45) is 0. The third-order valence-corrected chi connectivity index (χ3v) is 2.74. The minimum atomic E-state index is -0.480. The molecule has 4 heteroatoms. The van der Waals surface area contributed by atoms with Crippen molar-refractivity contribution in [3.8, 4) is 0 Å². The number of carbonyl (C=O) groups excluding carboxylic acids is 1. The van der Waals surface area contributed by atoms with E-state index in [1.165, 1.54) is 17.0 Å². The minimum Gasteiger partial charge on any atom is -0.383 e. The number of likely N-dealkylation sites (N-methyl/N-ethyl adjacent to an activating group) is 1. The predicted molar refractivity (Wildman–Crippen MR) is 64.6 cm³/mol. The molecule has 0 heterocycles. The van der Waals surface area contributed by atoms with Gasteiger partial charge in [0.15, 0.2) is 0 Å². The Labute approximate surface area is 101 Å². The summed E-state index contributed by atoms with van der Waals surface area (Å²) in [6.45, 7) is 4.07. The standard InChI is InChI=1S/C13H18FNO2/c1-9-5-6-11(12(14)7-9)13(16)15(3)10(2)8-17-4/h5-7,10H,8H2,1-4H3. The van der Waals surface area contributed by atoms with E-state index in [-0.39, 0.29) is 17.5 Å². The molecule has 0 bridgehead atoms. The molecule has 0 N–H and O–H groups in total. The number of carbonyl (C=O) groups is 1. The summed E-state index contributed by atoms with van der Waals surface area (Å²) in [5, 5.41) is 0. The van der Waals surface area contributed by atoms with E-state index in [4.69, 9.17) is 4.74 Å². The lowest BCUT2D eigenvalue weighted by Gasteiger charge is -2.24. The number of benzene rings is 1. The molecular formula is C13H18FNO2. The molecule has 0 spiro atoms. The monoisotopic (exact) mass is 239 g/mol. The van der Waals surface area contributed by atoms with E-state index in [1.807, 2.05) is 6.92 Å². The molecule has 0 saturated carbocycles. The van der Waals surface area contributed by atoms with E-state index in [9.17, 15) is 9.18 Å². The average Bonchev–Trinajstić information content (AvgIpc) is 2.27. The maximum atomic E-state index is 13.6. The van der Waals surface area contributed by atoms with Crippen LogP contribution in [0.2, 0.25) is 0 Å². The highest BCUT2D eigenvalue weighted by Gasteiger charge is 2.20. The summed E-state index contributed by atoms with van der Waals surface area (Å²) in [6, 6.07) is 4.52. The normalized spacial score (nSPS) is 12.3. The van der Waals surface area contributed by atoms with Crippen LogP contribution in [-0.2, 0) is 4.74 Å². The van der Waals surface area contributed by atoms with Gasteiger partial charge in [-0.2, -0.15) is 0 Å². The quantitative estimate of drug-likeness (QED) is 0.806. The van der Waals surface area contributed by atoms with Crippen molar-refractivity contribution < 1.29 is 13.9 Å². The van der Waals surface area contributed by atoms with Crippen LogP contribution in [0.1, 0.15) is 22.8 Å². The smallest absolute Gasteiger partial charge is 0.256 e. The Kier molecular flexibility index (Phi) is 4.63. The van der Waals surface area contributed by atoms with Crippen LogP contribution in [0.4, 0.5) is 4.39 Å². The van der Waals surface area contributed by atoms with Crippen LogP contribution in [0.3, 0.4) is 0 Å². The fourth-order valence-corrected chi connectivity index (χ4v) is 1.54. The van der Waals surface area contributed by atoms with Crippen LogP contribution in [0.25, 0.3) is 0 Å². The lowest BCUT2D eigenvalue weighted by Crippen LogP contribution is -2.38. The topological polar surface area (TPSA) is 29.5 Å². The molecule has 3 nitrogen and oxygen atoms in total. The number of rotatable bonds is 4. The highest BCUT2D eigenvalue weighted by Crippen LogP contribution is 2.13. The second kappa shape index (κ2) is 5.77. The van der Waals surface area contributed by atoms with Crippen molar-refractivity contribution in [1.82, 2.24) is 4.90 Å². The molecule has 1 rings (SSSR count). The number of amides is 1. The third kappa shape index (κ3) is 3.27. The van der Waals surface area contributed by atoms with Gasteiger partial charge in [-0.15, -0.1) is 0 Å². The molecule has 0 fully saturated rings. The summed E-state index contributed by atoms with van der Waals surface area (Å²) in [5.74, 6) is -0.807. The van der Waals surface area contributed by atoms with Gasteiger partial charge in [0.25, 0.3) is 5.91 Å². The maximum absolute atomic E-state index is 13.6. The van der Waals surface area contributed by atoms with Gasteiger partial charge < -0.3 is 9.64 Å². The molecule has 0 aliphatic rings. The number of ether oxygens (including phenoxy) is 1. The zero-order chi connectivity index (χ0) is 13.0. The second-order valence-corrected chi connectivity index (χ2v) is 4.20. The first-order chi connectivity index (χ1) is 7.97. The van der Waals surface area contributed by atoms with E-state index in [1.54, 1.807) is 27.1 Å². The first-order valence-electron chi connectivity index (χ1n) is 5.49. The molecule has 0 aliphatic heterocycles. The van der Waals surface area contributed by atoms with E-state index in [0.717, 1.165) is 5.56 Å². The van der Waals surface area contributed by atoms with Gasteiger partial charge in [-0.3, -0.25) is 4.79 Å². The van der Waals surface area contributed by atoms with Gasteiger partial charge >= 0.3 is 0 Å². The Morgan fingerprint density at radius 2 is 2.18 bits per heavy atom. The van der Waals surface area contributed by atoms with Crippen LogP contribution < -0.4 is 0 Å². The molecule has 1 unspecified atom stereocenters. The van der Waals surface area contributed by atoms with Crippen molar-refractivity contribution in [2.45, 2.75) is 19.9 Å². The van der Waals surface area contributed by atoms with E-state index >= 15 is 0 Å². The predicted octanol–water partition coefficient (Wildman–Crippen LogP) is 2.24. The lowest BCUT2D eigenvalue weighted by molar-refractivity contribution is 0.0629. The summed E-state index contributed by atoms with van der Waals surface area (Å²) >= 11 is 0. The average molecular weight is 239 g/mol. The van der Waals surface area contributed by atoms with Gasteiger partial charge in [0.05, 0.1) is 18.2 Å².